The Morgan fingerprint density at radius 2 is 0.900 bits per heavy atom. The van der Waals surface area contributed by atoms with E-state index in [2.05, 4.69) is 9.97 Å². The summed E-state index contributed by atoms with van der Waals surface area (Å²) in [5, 5.41) is 59.1. The third kappa shape index (κ3) is 3.30. The van der Waals surface area contributed by atoms with Crippen molar-refractivity contribution in [3.8, 4) is 58.9 Å². The molecule has 2 heterocycles. The maximum Gasteiger partial charge on any atom is 0.151 e. The van der Waals surface area contributed by atoms with Crippen LogP contribution in [0.5, 0.6) is 0 Å². The van der Waals surface area contributed by atoms with Crippen LogP contribution in [-0.2, 0) is 0 Å². The zero-order valence-electron chi connectivity index (χ0n) is 20.0. The summed E-state index contributed by atoms with van der Waals surface area (Å²) in [7, 11) is 0. The minimum atomic E-state index is -1.18. The van der Waals surface area contributed by atoms with Gasteiger partial charge in [0.05, 0.1) is 22.5 Å². The predicted molar refractivity (Wildman–Crippen MR) is 136 cm³/mol. The molecule has 0 radical (unpaired) electrons. The molecule has 0 atom stereocenters. The van der Waals surface area contributed by atoms with E-state index in [1.807, 2.05) is 0 Å². The Hall–Kier alpha value is -6.72. The molecule has 0 N–H and O–H groups in total. The quantitative estimate of drug-likeness (QED) is 0.381. The molecule has 3 aromatic rings. The fourth-order valence-electron chi connectivity index (χ4n) is 4.93. The first-order chi connectivity index (χ1) is 19.5. The SMILES string of the molecule is N#CC(C#N)=C1C(F)=C(C#N)c2c1c(-c1ccccn1)c1c(c2-c2ccccn2)C(=C(C#N)C#N)C(F)=C1C#N. The first-order valence-corrected chi connectivity index (χ1v) is 11.3. The molecule has 0 fully saturated rings. The summed E-state index contributed by atoms with van der Waals surface area (Å²) in [6.07, 6.45) is 2.77. The van der Waals surface area contributed by atoms with E-state index in [0.29, 0.717) is 0 Å². The summed E-state index contributed by atoms with van der Waals surface area (Å²) >= 11 is 0. The number of halogens is 2. The third-order valence-electron chi connectivity index (χ3n) is 6.39. The maximum atomic E-state index is 16.1. The lowest BCUT2D eigenvalue weighted by Crippen LogP contribution is -2.05. The molecular weight excluding hydrogens is 510 g/mol. The van der Waals surface area contributed by atoms with Gasteiger partial charge < -0.3 is 0 Å². The van der Waals surface area contributed by atoms with Crippen LogP contribution in [0.2, 0.25) is 0 Å². The van der Waals surface area contributed by atoms with E-state index in [-0.39, 0.29) is 44.8 Å². The van der Waals surface area contributed by atoms with Crippen LogP contribution in [0.1, 0.15) is 22.3 Å². The molecule has 1 aromatic carbocycles. The van der Waals surface area contributed by atoms with Crippen LogP contribution in [-0.4, -0.2) is 9.97 Å². The standard InChI is InChI=1S/C30H8F2N8/c31-29-17(13-37)23-25(19-5-1-3-7-39-19)27-21(15(9-33)10-34)30(32)18(14-38)24(27)26(20-6-2-4-8-40-20)28(23)22(29)16(11-35)12-36/h1-8H. The number of pyridine rings is 2. The van der Waals surface area contributed by atoms with Crippen molar-refractivity contribution in [3.63, 3.8) is 0 Å². The van der Waals surface area contributed by atoms with Crippen molar-refractivity contribution in [1.82, 2.24) is 9.97 Å². The van der Waals surface area contributed by atoms with Crippen LogP contribution in [0.25, 0.3) is 44.8 Å². The van der Waals surface area contributed by atoms with Crippen molar-refractivity contribution >= 4 is 22.3 Å². The second-order valence-electron chi connectivity index (χ2n) is 8.23. The number of benzene rings is 1. The van der Waals surface area contributed by atoms with Gasteiger partial charge in [-0.2, -0.15) is 31.6 Å². The van der Waals surface area contributed by atoms with Crippen molar-refractivity contribution in [2.75, 3.05) is 0 Å². The molecule has 182 valence electrons. The number of hydrogen-bond donors (Lipinski definition) is 0. The van der Waals surface area contributed by atoms with Gasteiger partial charge in [-0.15, -0.1) is 0 Å². The van der Waals surface area contributed by atoms with Gasteiger partial charge in [0.25, 0.3) is 0 Å². The van der Waals surface area contributed by atoms with Crippen LogP contribution < -0.4 is 0 Å². The number of nitriles is 6. The summed E-state index contributed by atoms with van der Waals surface area (Å²) in [5.41, 5.74) is -4.00. The second kappa shape index (κ2) is 9.63. The Balaban J connectivity index is 2.23. The van der Waals surface area contributed by atoms with Crippen molar-refractivity contribution < 1.29 is 8.78 Å². The fraction of sp³-hybridized carbons (Fsp3) is 0. The summed E-state index contributed by atoms with van der Waals surface area (Å²) in [6.45, 7) is 0. The van der Waals surface area contributed by atoms with E-state index in [0.717, 1.165) is 0 Å². The zero-order chi connectivity index (χ0) is 28.6. The van der Waals surface area contributed by atoms with Crippen LogP contribution in [0, 0.1) is 68.0 Å². The molecule has 8 nitrogen and oxygen atoms in total. The van der Waals surface area contributed by atoms with E-state index in [4.69, 9.17) is 0 Å². The highest BCUT2D eigenvalue weighted by Crippen LogP contribution is 2.59. The average Bonchev–Trinajstić information content (AvgIpc) is 3.44. The summed E-state index contributed by atoms with van der Waals surface area (Å²) < 4.78 is 32.2. The van der Waals surface area contributed by atoms with E-state index < -0.39 is 45.1 Å². The Morgan fingerprint density at radius 1 is 0.525 bits per heavy atom. The number of aromatic nitrogens is 2. The van der Waals surface area contributed by atoms with Gasteiger partial charge in [0, 0.05) is 56.9 Å². The normalized spacial score (nSPS) is 12.8. The smallest absolute Gasteiger partial charge is 0.151 e. The summed E-state index contributed by atoms with van der Waals surface area (Å²) in [4.78, 5) is 8.61. The van der Waals surface area contributed by atoms with Gasteiger partial charge in [-0.05, 0) is 24.3 Å². The maximum absolute atomic E-state index is 16.1. The molecule has 0 saturated carbocycles. The lowest BCUT2D eigenvalue weighted by atomic mass is 9.80. The summed E-state index contributed by atoms with van der Waals surface area (Å²) in [6, 6.07) is 19.4. The lowest BCUT2D eigenvalue weighted by Gasteiger charge is -2.21. The Labute approximate surface area is 225 Å². The molecule has 0 unspecified atom stereocenters. The molecule has 0 amide bonds. The molecule has 2 aliphatic carbocycles. The second-order valence-corrected chi connectivity index (χ2v) is 8.23. The molecule has 2 aromatic heterocycles. The fourth-order valence-corrected chi connectivity index (χ4v) is 4.93. The molecule has 0 aliphatic heterocycles. The number of allylic oxidation sites excluding steroid dienone is 8. The van der Waals surface area contributed by atoms with Crippen molar-refractivity contribution in [2.24, 2.45) is 0 Å². The molecule has 40 heavy (non-hydrogen) atoms. The van der Waals surface area contributed by atoms with E-state index >= 15 is 8.78 Å². The van der Waals surface area contributed by atoms with Crippen LogP contribution in [0.15, 0.2) is 71.6 Å². The highest BCUT2D eigenvalue weighted by molar-refractivity contribution is 6.20. The highest BCUT2D eigenvalue weighted by atomic mass is 19.1. The Morgan fingerprint density at radius 3 is 1.18 bits per heavy atom. The number of fused-ring (bicyclic) bond motifs is 2. The van der Waals surface area contributed by atoms with Crippen LogP contribution in [0.3, 0.4) is 0 Å². The number of rotatable bonds is 2. The topological polar surface area (TPSA) is 169 Å². The van der Waals surface area contributed by atoms with E-state index in [1.165, 1.54) is 24.5 Å². The number of hydrogen-bond acceptors (Lipinski definition) is 8. The predicted octanol–water partition coefficient (Wildman–Crippen LogP) is 5.85. The van der Waals surface area contributed by atoms with Crippen molar-refractivity contribution in [1.29, 1.82) is 31.6 Å². The average molecular weight is 518 g/mol. The molecular formula is C30H8F2N8. The Bertz CT molecular complexity index is 1880. The largest absolute Gasteiger partial charge is 0.256 e. The van der Waals surface area contributed by atoms with Gasteiger partial charge in [0.15, 0.2) is 11.7 Å². The molecule has 0 bridgehead atoms. The molecule has 0 spiro atoms. The van der Waals surface area contributed by atoms with Crippen LogP contribution in [0.4, 0.5) is 8.78 Å². The van der Waals surface area contributed by atoms with E-state index in [1.54, 1.807) is 60.7 Å². The van der Waals surface area contributed by atoms with Gasteiger partial charge in [-0.1, -0.05) is 12.1 Å². The van der Waals surface area contributed by atoms with Gasteiger partial charge in [-0.3, -0.25) is 9.97 Å². The monoisotopic (exact) mass is 518 g/mol. The van der Waals surface area contributed by atoms with Crippen LogP contribution >= 0.6 is 0 Å². The number of nitrogens with zero attached hydrogens (tertiary/aromatic N) is 8. The van der Waals surface area contributed by atoms with Crippen molar-refractivity contribution in [2.45, 2.75) is 0 Å². The summed E-state index contributed by atoms with van der Waals surface area (Å²) in [5.74, 6) is -2.36. The zero-order valence-corrected chi connectivity index (χ0v) is 20.0. The highest BCUT2D eigenvalue weighted by Gasteiger charge is 2.44. The van der Waals surface area contributed by atoms with E-state index in [9.17, 15) is 31.6 Å². The Kier molecular flexibility index (Phi) is 6.00. The molecule has 0 saturated heterocycles. The van der Waals surface area contributed by atoms with Gasteiger partial charge >= 0.3 is 0 Å². The minimum Gasteiger partial charge on any atom is -0.256 e. The van der Waals surface area contributed by atoms with Gasteiger partial charge in [-0.25, -0.2) is 8.78 Å². The molecule has 5 rings (SSSR count). The van der Waals surface area contributed by atoms with Gasteiger partial charge in [0.1, 0.15) is 47.6 Å². The molecule has 10 heteroatoms. The van der Waals surface area contributed by atoms with Crippen molar-refractivity contribution in [3.05, 3.63) is 93.8 Å². The molecule has 2 aliphatic rings. The third-order valence-corrected chi connectivity index (χ3v) is 6.39. The first kappa shape index (κ1) is 25.0. The van der Waals surface area contributed by atoms with Gasteiger partial charge in [0.2, 0.25) is 0 Å². The first-order valence-electron chi connectivity index (χ1n) is 11.3. The minimum absolute atomic E-state index is 0.0550. The lowest BCUT2D eigenvalue weighted by molar-refractivity contribution is 0.681.